The van der Waals surface area contributed by atoms with Crippen molar-refractivity contribution in [1.82, 2.24) is 0 Å². The molecule has 18 heavy (non-hydrogen) atoms. The van der Waals surface area contributed by atoms with Crippen LogP contribution in [0.2, 0.25) is 0 Å². The Labute approximate surface area is 108 Å². The molecule has 7 nitrogen and oxygen atoms in total. The number of hydrogen-bond donors (Lipinski definition) is 0. The third-order valence-corrected chi connectivity index (χ3v) is 5.93. The molecule has 1 rings (SSSR count). The summed E-state index contributed by atoms with van der Waals surface area (Å²) in [5.74, 6) is 0. The lowest BCUT2D eigenvalue weighted by Gasteiger charge is -2.30. The van der Waals surface area contributed by atoms with E-state index < -0.39 is 21.5 Å². The Morgan fingerprint density at radius 1 is 1.33 bits per heavy atom. The van der Waals surface area contributed by atoms with Crippen LogP contribution in [0.3, 0.4) is 0 Å². The molecule has 1 heterocycles. The Hall–Kier alpha value is -0.0500. The minimum Gasteiger partial charge on any atom is -0.310 e. The van der Waals surface area contributed by atoms with Gasteiger partial charge in [0.25, 0.3) is 5.34 Å². The van der Waals surface area contributed by atoms with Gasteiger partial charge >= 0.3 is 16.2 Å². The van der Waals surface area contributed by atoms with Crippen molar-refractivity contribution in [1.29, 1.82) is 5.26 Å². The van der Waals surface area contributed by atoms with Crippen LogP contribution < -0.4 is 0 Å². The SMILES string of the molecule is CCOP(=O)(OCC)C(C)(C#N)OP1OCCO1. The second-order valence-corrected chi connectivity index (χ2v) is 6.92. The summed E-state index contributed by atoms with van der Waals surface area (Å²) in [4.78, 5) is 0. The summed E-state index contributed by atoms with van der Waals surface area (Å²) in [7, 11) is -5.40. The van der Waals surface area contributed by atoms with Gasteiger partial charge in [-0.25, -0.2) is 0 Å². The zero-order valence-electron chi connectivity index (χ0n) is 10.6. The number of hydrogen-bond acceptors (Lipinski definition) is 7. The molecule has 0 saturated carbocycles. The molecule has 1 aliphatic rings. The Morgan fingerprint density at radius 3 is 2.22 bits per heavy atom. The Balaban J connectivity index is 2.87. The summed E-state index contributed by atoms with van der Waals surface area (Å²) in [6.07, 6.45) is 0. The second kappa shape index (κ2) is 6.93. The molecule has 0 N–H and O–H groups in total. The molecule has 9 heteroatoms. The third-order valence-electron chi connectivity index (χ3n) is 2.06. The summed E-state index contributed by atoms with van der Waals surface area (Å²) < 4.78 is 38.4. The van der Waals surface area contributed by atoms with E-state index in [-0.39, 0.29) is 13.2 Å². The minimum atomic E-state index is -3.72. The maximum Gasteiger partial charge on any atom is 0.376 e. The van der Waals surface area contributed by atoms with E-state index in [0.717, 1.165) is 0 Å². The summed E-state index contributed by atoms with van der Waals surface area (Å²) in [6, 6.07) is 1.84. The topological polar surface area (TPSA) is 87.0 Å². The van der Waals surface area contributed by atoms with Crippen molar-refractivity contribution < 1.29 is 27.2 Å². The van der Waals surface area contributed by atoms with E-state index in [0.29, 0.717) is 13.2 Å². The average molecular weight is 297 g/mol. The van der Waals surface area contributed by atoms with Gasteiger partial charge in [0.15, 0.2) is 0 Å². The van der Waals surface area contributed by atoms with Crippen molar-refractivity contribution in [3.05, 3.63) is 0 Å². The molecule has 1 saturated heterocycles. The van der Waals surface area contributed by atoms with Gasteiger partial charge in [0.05, 0.1) is 26.4 Å². The molecule has 1 fully saturated rings. The van der Waals surface area contributed by atoms with E-state index in [9.17, 15) is 9.83 Å². The molecule has 0 radical (unpaired) electrons. The summed E-state index contributed by atoms with van der Waals surface area (Å²) >= 11 is 0. The highest BCUT2D eigenvalue weighted by Gasteiger charge is 2.52. The van der Waals surface area contributed by atoms with Gasteiger partial charge in [0, 0.05) is 0 Å². The lowest BCUT2D eigenvalue weighted by atomic mass is 10.5. The Morgan fingerprint density at radius 2 is 1.83 bits per heavy atom. The smallest absolute Gasteiger partial charge is 0.310 e. The summed E-state index contributed by atoms with van der Waals surface area (Å²) in [6.45, 7) is 5.76. The van der Waals surface area contributed by atoms with Crippen molar-refractivity contribution in [2.45, 2.75) is 26.1 Å². The van der Waals surface area contributed by atoms with Crippen molar-refractivity contribution in [2.75, 3.05) is 26.4 Å². The molecule has 1 unspecified atom stereocenters. The van der Waals surface area contributed by atoms with E-state index in [1.165, 1.54) is 6.92 Å². The van der Waals surface area contributed by atoms with Crippen LogP contribution in [-0.2, 0) is 27.2 Å². The molecule has 104 valence electrons. The number of rotatable bonds is 7. The van der Waals surface area contributed by atoms with Gasteiger partial charge in [-0.15, -0.1) is 0 Å². The largest absolute Gasteiger partial charge is 0.376 e. The standard InChI is InChI=1S/C9H17NO6P2/c1-4-14-18(11,15-5-2)9(3,8-10)16-17-12-6-7-13-17/h4-7H2,1-3H3. The van der Waals surface area contributed by atoms with Crippen LogP contribution in [0.1, 0.15) is 20.8 Å². The van der Waals surface area contributed by atoms with Crippen molar-refractivity contribution in [2.24, 2.45) is 0 Å². The molecule has 0 aromatic rings. The van der Waals surface area contributed by atoms with E-state index in [2.05, 4.69) is 0 Å². The quantitative estimate of drug-likeness (QED) is 0.667. The van der Waals surface area contributed by atoms with Gasteiger partial charge in [-0.05, 0) is 20.8 Å². The summed E-state index contributed by atoms with van der Waals surface area (Å²) in [5, 5.41) is 7.49. The second-order valence-electron chi connectivity index (χ2n) is 3.41. The first-order valence-corrected chi connectivity index (χ1v) is 8.20. The molecular formula is C9H17NO6P2. The molecule has 0 amide bonds. The lowest BCUT2D eigenvalue weighted by Crippen LogP contribution is -2.27. The molecule has 0 aromatic carbocycles. The highest BCUT2D eigenvalue weighted by Crippen LogP contribution is 2.64. The fourth-order valence-corrected chi connectivity index (χ4v) is 4.14. The third kappa shape index (κ3) is 3.49. The van der Waals surface area contributed by atoms with Crippen LogP contribution in [0.25, 0.3) is 0 Å². The van der Waals surface area contributed by atoms with Gasteiger partial charge in [0.1, 0.15) is 6.07 Å². The molecule has 0 bridgehead atoms. The molecule has 0 spiro atoms. The molecule has 0 aliphatic carbocycles. The normalized spacial score (nSPS) is 20.6. The number of nitriles is 1. The maximum atomic E-state index is 12.6. The zero-order valence-corrected chi connectivity index (χ0v) is 12.4. The van der Waals surface area contributed by atoms with Crippen LogP contribution in [0.5, 0.6) is 0 Å². The van der Waals surface area contributed by atoms with Crippen LogP contribution in [0.15, 0.2) is 0 Å². The summed E-state index contributed by atoms with van der Waals surface area (Å²) in [5.41, 5.74) is 0. The Kier molecular flexibility index (Phi) is 6.16. The highest BCUT2D eigenvalue weighted by atomic mass is 31.2. The lowest BCUT2D eigenvalue weighted by molar-refractivity contribution is 0.121. The minimum absolute atomic E-state index is 0.150. The van der Waals surface area contributed by atoms with Crippen LogP contribution in [-0.4, -0.2) is 31.8 Å². The van der Waals surface area contributed by atoms with Gasteiger partial charge in [-0.2, -0.15) is 5.26 Å². The van der Waals surface area contributed by atoms with E-state index >= 15 is 0 Å². The monoisotopic (exact) mass is 297 g/mol. The Bertz CT molecular complexity index is 343. The maximum absolute atomic E-state index is 12.6. The predicted molar refractivity (Wildman–Crippen MR) is 64.8 cm³/mol. The van der Waals surface area contributed by atoms with Crippen molar-refractivity contribution >= 4 is 16.2 Å². The fourth-order valence-electron chi connectivity index (χ4n) is 1.21. The first kappa shape index (κ1) is 16.0. The first-order chi connectivity index (χ1) is 8.51. The van der Waals surface area contributed by atoms with Crippen molar-refractivity contribution in [3.8, 4) is 6.07 Å². The van der Waals surface area contributed by atoms with Crippen LogP contribution in [0.4, 0.5) is 0 Å². The first-order valence-electron chi connectivity index (χ1n) is 5.57. The fraction of sp³-hybridized carbons (Fsp3) is 0.889. The van der Waals surface area contributed by atoms with E-state index in [4.69, 9.17) is 22.6 Å². The van der Waals surface area contributed by atoms with Crippen LogP contribution in [0, 0.1) is 11.3 Å². The molecule has 1 atom stereocenters. The van der Waals surface area contributed by atoms with Gasteiger partial charge in [0.2, 0.25) is 0 Å². The predicted octanol–water partition coefficient (Wildman–Crippen LogP) is 2.78. The highest BCUT2D eigenvalue weighted by molar-refractivity contribution is 7.56. The average Bonchev–Trinajstić information content (AvgIpc) is 2.82. The molecule has 0 aromatic heterocycles. The van der Waals surface area contributed by atoms with E-state index in [1.807, 2.05) is 6.07 Å². The van der Waals surface area contributed by atoms with Crippen LogP contribution >= 0.6 is 16.2 Å². The van der Waals surface area contributed by atoms with E-state index in [1.54, 1.807) is 13.8 Å². The van der Waals surface area contributed by atoms with Gasteiger partial charge < -0.3 is 18.1 Å². The van der Waals surface area contributed by atoms with Crippen molar-refractivity contribution in [3.63, 3.8) is 0 Å². The molecule has 1 aliphatic heterocycles. The molecular weight excluding hydrogens is 280 g/mol. The number of nitrogens with zero attached hydrogens (tertiary/aromatic N) is 1. The van der Waals surface area contributed by atoms with Gasteiger partial charge in [-0.1, -0.05) is 0 Å². The zero-order chi connectivity index (χ0) is 13.6. The van der Waals surface area contributed by atoms with Gasteiger partial charge in [-0.3, -0.25) is 9.09 Å².